The summed E-state index contributed by atoms with van der Waals surface area (Å²) in [4.78, 5) is 22.1. The molecular formula is C15H13F2N3O5. The normalized spacial score (nSPS) is 10.8. The number of nitro groups is 1. The second-order valence-electron chi connectivity index (χ2n) is 4.37. The second-order valence-corrected chi connectivity index (χ2v) is 4.37. The first-order chi connectivity index (χ1) is 11.8. The predicted octanol–water partition coefficient (Wildman–Crippen LogP) is 2.41. The lowest BCUT2D eigenvalue weighted by Crippen LogP contribution is -2.24. The summed E-state index contributed by atoms with van der Waals surface area (Å²) in [6.07, 6.45) is 2.33. The molecule has 0 fully saturated rings. The van der Waals surface area contributed by atoms with Crippen LogP contribution in [0.2, 0.25) is 0 Å². The number of hydrogen-bond donors (Lipinski definition) is 1. The Morgan fingerprint density at radius 3 is 2.68 bits per heavy atom. The minimum atomic E-state index is -3.21. The van der Waals surface area contributed by atoms with Gasteiger partial charge < -0.3 is 14.8 Å². The first-order valence-corrected chi connectivity index (χ1v) is 6.66. The van der Waals surface area contributed by atoms with Crippen LogP contribution in [0.15, 0.2) is 30.4 Å². The highest BCUT2D eigenvalue weighted by Crippen LogP contribution is 2.36. The lowest BCUT2D eigenvalue weighted by Gasteiger charge is -2.11. The molecule has 0 atom stereocenters. The van der Waals surface area contributed by atoms with Crippen LogP contribution in [0.25, 0.3) is 6.08 Å². The van der Waals surface area contributed by atoms with Crippen LogP contribution in [0, 0.1) is 21.4 Å². The van der Waals surface area contributed by atoms with Crippen molar-refractivity contribution in [1.29, 1.82) is 5.26 Å². The Hall–Kier alpha value is -3.48. The van der Waals surface area contributed by atoms with Gasteiger partial charge in [-0.2, -0.15) is 14.0 Å². The largest absolute Gasteiger partial charge is 0.493 e. The van der Waals surface area contributed by atoms with Gasteiger partial charge in [0.25, 0.3) is 11.6 Å². The zero-order valence-electron chi connectivity index (χ0n) is 13.0. The molecule has 0 aliphatic rings. The maximum absolute atomic E-state index is 12.4. The van der Waals surface area contributed by atoms with Crippen molar-refractivity contribution in [2.75, 3.05) is 13.7 Å². The standard InChI is InChI=1S/C15H13F2N3O5/c1-3-4-19-14(21)10(8-18)5-9-6-12(24-2)13(25-15(16)17)7-11(9)20(22)23/h3,5-7,15H,1,4H2,2H3,(H,19,21)/b10-5+. The van der Waals surface area contributed by atoms with Crippen molar-refractivity contribution in [3.05, 3.63) is 46.0 Å². The summed E-state index contributed by atoms with van der Waals surface area (Å²) in [5.74, 6) is -1.54. The molecular weight excluding hydrogens is 340 g/mol. The van der Waals surface area contributed by atoms with Gasteiger partial charge in [-0.1, -0.05) is 6.08 Å². The molecule has 8 nitrogen and oxygen atoms in total. The van der Waals surface area contributed by atoms with Gasteiger partial charge in [0.15, 0.2) is 11.5 Å². The van der Waals surface area contributed by atoms with Crippen LogP contribution < -0.4 is 14.8 Å². The SMILES string of the molecule is C=CCNC(=O)/C(C#N)=C/c1cc(OC)c(OC(F)F)cc1[N+](=O)[O-]. The number of nitrogens with zero attached hydrogens (tertiary/aromatic N) is 2. The number of rotatable bonds is 8. The zero-order valence-corrected chi connectivity index (χ0v) is 13.0. The number of carbonyl (C=O) groups excluding carboxylic acids is 1. The summed E-state index contributed by atoms with van der Waals surface area (Å²) in [7, 11) is 1.15. The lowest BCUT2D eigenvalue weighted by molar-refractivity contribution is -0.385. The van der Waals surface area contributed by atoms with Gasteiger partial charge in [0.2, 0.25) is 0 Å². The van der Waals surface area contributed by atoms with Gasteiger partial charge >= 0.3 is 6.61 Å². The van der Waals surface area contributed by atoms with Crippen molar-refractivity contribution in [2.24, 2.45) is 0 Å². The van der Waals surface area contributed by atoms with E-state index in [1.165, 1.54) is 6.08 Å². The van der Waals surface area contributed by atoms with Gasteiger partial charge in [0, 0.05) is 6.54 Å². The molecule has 1 aromatic rings. The molecule has 0 radical (unpaired) electrons. The monoisotopic (exact) mass is 353 g/mol. The average molecular weight is 353 g/mol. The summed E-state index contributed by atoms with van der Waals surface area (Å²) >= 11 is 0. The van der Waals surface area contributed by atoms with E-state index in [1.807, 2.05) is 0 Å². The number of carbonyl (C=O) groups is 1. The molecule has 1 rings (SSSR count). The summed E-state index contributed by atoms with van der Waals surface area (Å²) < 4.78 is 33.8. The number of alkyl halides is 2. The van der Waals surface area contributed by atoms with Crippen molar-refractivity contribution < 1.29 is 28.0 Å². The third-order valence-electron chi connectivity index (χ3n) is 2.80. The first kappa shape index (κ1) is 19.6. The molecule has 1 N–H and O–H groups in total. The third-order valence-corrected chi connectivity index (χ3v) is 2.80. The van der Waals surface area contributed by atoms with Gasteiger partial charge in [0.05, 0.1) is 23.7 Å². The highest BCUT2D eigenvalue weighted by molar-refractivity contribution is 6.02. The van der Waals surface area contributed by atoms with Crippen LogP contribution in [0.3, 0.4) is 0 Å². The van der Waals surface area contributed by atoms with Gasteiger partial charge in [-0.05, 0) is 12.1 Å². The van der Waals surface area contributed by atoms with E-state index in [9.17, 15) is 23.7 Å². The van der Waals surface area contributed by atoms with Crippen LogP contribution in [-0.4, -0.2) is 31.1 Å². The predicted molar refractivity (Wildman–Crippen MR) is 83.1 cm³/mol. The number of methoxy groups -OCH3 is 1. The van der Waals surface area contributed by atoms with E-state index >= 15 is 0 Å². The van der Waals surface area contributed by atoms with E-state index in [-0.39, 0.29) is 17.9 Å². The molecule has 0 aliphatic carbocycles. The molecule has 0 saturated carbocycles. The average Bonchev–Trinajstić information content (AvgIpc) is 2.57. The number of halogens is 2. The number of nitro benzene ring substituents is 1. The molecule has 0 unspecified atom stereocenters. The van der Waals surface area contributed by atoms with E-state index in [1.54, 1.807) is 6.07 Å². The van der Waals surface area contributed by atoms with Gasteiger partial charge in [-0.15, -0.1) is 6.58 Å². The van der Waals surface area contributed by atoms with E-state index in [2.05, 4.69) is 16.6 Å². The Morgan fingerprint density at radius 2 is 2.20 bits per heavy atom. The Labute approximate surface area is 141 Å². The first-order valence-electron chi connectivity index (χ1n) is 6.66. The van der Waals surface area contributed by atoms with Gasteiger partial charge in [-0.25, -0.2) is 0 Å². The van der Waals surface area contributed by atoms with Gasteiger partial charge in [-0.3, -0.25) is 14.9 Å². The van der Waals surface area contributed by atoms with E-state index < -0.39 is 34.5 Å². The maximum Gasteiger partial charge on any atom is 0.387 e. The number of ether oxygens (including phenoxy) is 2. The summed E-state index contributed by atoms with van der Waals surface area (Å²) in [6.45, 7) is 0.271. The van der Waals surface area contributed by atoms with Crippen LogP contribution >= 0.6 is 0 Å². The molecule has 0 bridgehead atoms. The fourth-order valence-corrected chi connectivity index (χ4v) is 1.75. The number of nitrogens with one attached hydrogen (secondary N) is 1. The number of nitriles is 1. The Morgan fingerprint density at radius 1 is 1.52 bits per heavy atom. The quantitative estimate of drug-likeness (QED) is 0.252. The van der Waals surface area contributed by atoms with Gasteiger partial charge in [0.1, 0.15) is 11.6 Å². The number of amides is 1. The topological polar surface area (TPSA) is 114 Å². The van der Waals surface area contributed by atoms with Crippen molar-refractivity contribution in [3.8, 4) is 17.6 Å². The highest BCUT2D eigenvalue weighted by atomic mass is 19.3. The molecule has 0 aromatic heterocycles. The lowest BCUT2D eigenvalue weighted by atomic mass is 10.1. The molecule has 10 heteroatoms. The summed E-state index contributed by atoms with van der Waals surface area (Å²) in [5.41, 5.74) is -1.25. The van der Waals surface area contributed by atoms with Crippen molar-refractivity contribution in [3.63, 3.8) is 0 Å². The van der Waals surface area contributed by atoms with Crippen molar-refractivity contribution in [2.45, 2.75) is 6.61 Å². The van der Waals surface area contributed by atoms with Crippen molar-refractivity contribution >= 4 is 17.7 Å². The molecule has 1 aromatic carbocycles. The minimum absolute atomic E-state index is 0.0877. The highest BCUT2D eigenvalue weighted by Gasteiger charge is 2.22. The molecule has 0 aliphatic heterocycles. The Balaban J connectivity index is 3.44. The molecule has 0 heterocycles. The van der Waals surface area contributed by atoms with E-state index in [4.69, 9.17) is 10.00 Å². The molecule has 25 heavy (non-hydrogen) atoms. The summed E-state index contributed by atoms with van der Waals surface area (Å²) in [5, 5.41) is 22.6. The van der Waals surface area contributed by atoms with Crippen LogP contribution in [0.1, 0.15) is 5.56 Å². The fourth-order valence-electron chi connectivity index (χ4n) is 1.75. The van der Waals surface area contributed by atoms with Crippen LogP contribution in [0.5, 0.6) is 11.5 Å². The molecule has 0 saturated heterocycles. The maximum atomic E-state index is 12.4. The number of hydrogen-bond acceptors (Lipinski definition) is 6. The molecule has 1 amide bonds. The zero-order chi connectivity index (χ0) is 19.0. The third kappa shape index (κ3) is 5.28. The van der Waals surface area contributed by atoms with Crippen LogP contribution in [0.4, 0.5) is 14.5 Å². The molecule has 132 valence electrons. The molecule has 0 spiro atoms. The second kappa shape index (κ2) is 8.97. The van der Waals surface area contributed by atoms with E-state index in [0.717, 1.165) is 25.3 Å². The van der Waals surface area contributed by atoms with E-state index in [0.29, 0.717) is 0 Å². The minimum Gasteiger partial charge on any atom is -0.493 e. The Kier molecular flexibility index (Phi) is 7.02. The Bertz CT molecular complexity index is 756. The number of benzene rings is 1. The van der Waals surface area contributed by atoms with Crippen LogP contribution in [-0.2, 0) is 4.79 Å². The fraction of sp³-hybridized carbons (Fsp3) is 0.200. The smallest absolute Gasteiger partial charge is 0.387 e. The van der Waals surface area contributed by atoms with Crippen molar-refractivity contribution in [1.82, 2.24) is 5.32 Å². The summed E-state index contributed by atoms with van der Waals surface area (Å²) in [6, 6.07) is 3.36.